The first kappa shape index (κ1) is 4.62. The monoisotopic (exact) mass is 223 g/mol. The van der Waals surface area contributed by atoms with E-state index in [4.69, 9.17) is 15.7 Å². The Labute approximate surface area is 77.3 Å². The normalized spacial score (nSPS) is 15.2. The molecule has 1 aromatic rings. The second kappa shape index (κ2) is 3.26. The highest BCUT2D eigenvalue weighted by atomic mass is 79.9. The third kappa shape index (κ3) is 1.64. The van der Waals surface area contributed by atoms with E-state index in [0.717, 1.165) is 0 Å². The summed E-state index contributed by atoms with van der Waals surface area (Å²) in [5.41, 5.74) is 0. The van der Waals surface area contributed by atoms with Crippen LogP contribution in [-0.4, -0.2) is 7.04 Å². The van der Waals surface area contributed by atoms with Crippen LogP contribution in [0.3, 0.4) is 0 Å². The molecule has 3 heteroatoms. The maximum absolute atomic E-state index is 6.85. The molecule has 0 aliphatic carbocycles. The summed E-state index contributed by atoms with van der Waals surface area (Å²) in [6.07, 6.45) is 0. The fourth-order valence-corrected chi connectivity index (χ4v) is 0.958. The van der Waals surface area contributed by atoms with Crippen LogP contribution >= 0.6 is 27.5 Å². The van der Waals surface area contributed by atoms with Crippen molar-refractivity contribution in [2.45, 2.75) is 0 Å². The topological polar surface area (TPSA) is 9.23 Å². The summed E-state index contributed by atoms with van der Waals surface area (Å²) in [5.74, 6) is 0.230. The summed E-state index contributed by atoms with van der Waals surface area (Å²) in [6, 6.07) is 4.60. The highest BCUT2D eigenvalue weighted by Crippen LogP contribution is 2.26. The fraction of sp³-hybridized carbons (Fsp3) is 0.143. The van der Waals surface area contributed by atoms with E-state index in [2.05, 4.69) is 20.7 Å². The van der Waals surface area contributed by atoms with Crippen molar-refractivity contribution in [3.63, 3.8) is 0 Å². The van der Waals surface area contributed by atoms with Gasteiger partial charge in [0.2, 0.25) is 0 Å². The molecular formula is C7H6BrClO. The number of methoxy groups -OCH3 is 1. The molecule has 0 spiro atoms. The lowest BCUT2D eigenvalue weighted by atomic mass is 10.3. The summed E-state index contributed by atoms with van der Waals surface area (Å²) in [7, 11) is -2.43. The summed E-state index contributed by atoms with van der Waals surface area (Å²) in [6.45, 7) is 0. The van der Waals surface area contributed by atoms with E-state index in [0.29, 0.717) is 9.50 Å². The van der Waals surface area contributed by atoms with Gasteiger partial charge >= 0.3 is 0 Å². The van der Waals surface area contributed by atoms with E-state index < -0.39 is 7.04 Å². The Morgan fingerprint density at radius 1 is 1.70 bits per heavy atom. The molecule has 0 N–H and O–H groups in total. The first-order chi connectivity index (χ1) is 5.88. The number of halogens is 2. The molecule has 0 aromatic heterocycles. The lowest BCUT2D eigenvalue weighted by molar-refractivity contribution is 0.415. The molecule has 0 atom stereocenters. The molecule has 10 heavy (non-hydrogen) atoms. The minimum atomic E-state index is -2.43. The molecule has 0 saturated carbocycles. The Hall–Kier alpha value is -0.210. The van der Waals surface area contributed by atoms with Crippen molar-refractivity contribution in [2.75, 3.05) is 7.04 Å². The standard InChI is InChI=1S/C7H6BrClO/c1-10-5-2-3-6(8)7(9)4-5/h2-4H,1H3/i1D3. The molecule has 0 heterocycles. The van der Waals surface area contributed by atoms with Gasteiger partial charge in [0.25, 0.3) is 0 Å². The highest BCUT2D eigenvalue weighted by Gasteiger charge is 1.96. The molecular weight excluding hydrogens is 215 g/mol. The molecule has 0 aliphatic rings. The van der Waals surface area contributed by atoms with Crippen LogP contribution in [0, 0.1) is 0 Å². The summed E-state index contributed by atoms with van der Waals surface area (Å²) in [5, 5.41) is 0.418. The Balaban J connectivity index is 2.86. The van der Waals surface area contributed by atoms with Crippen LogP contribution in [0.5, 0.6) is 5.75 Å². The second-order valence-corrected chi connectivity index (χ2v) is 2.94. The molecule has 0 aliphatic heterocycles. The summed E-state index contributed by atoms with van der Waals surface area (Å²) in [4.78, 5) is 0. The van der Waals surface area contributed by atoms with Crippen molar-refractivity contribution >= 4 is 27.5 Å². The number of benzene rings is 1. The van der Waals surface area contributed by atoms with Crippen LogP contribution in [-0.2, 0) is 0 Å². The van der Waals surface area contributed by atoms with Gasteiger partial charge in [0.15, 0.2) is 0 Å². The Kier molecular flexibility index (Phi) is 1.51. The Bertz CT molecular complexity index is 313. The second-order valence-electron chi connectivity index (χ2n) is 1.68. The quantitative estimate of drug-likeness (QED) is 0.712. The van der Waals surface area contributed by atoms with Crippen LogP contribution < -0.4 is 4.74 Å². The van der Waals surface area contributed by atoms with Crippen molar-refractivity contribution in [1.29, 1.82) is 0 Å². The van der Waals surface area contributed by atoms with Crippen molar-refractivity contribution in [3.05, 3.63) is 27.7 Å². The van der Waals surface area contributed by atoms with Crippen molar-refractivity contribution < 1.29 is 8.85 Å². The molecule has 0 fully saturated rings. The highest BCUT2D eigenvalue weighted by molar-refractivity contribution is 9.10. The fourth-order valence-electron chi connectivity index (χ4n) is 0.540. The molecule has 0 bridgehead atoms. The van der Waals surface area contributed by atoms with E-state index in [1.165, 1.54) is 12.1 Å². The van der Waals surface area contributed by atoms with E-state index in [1.807, 2.05) is 0 Å². The molecule has 0 radical (unpaired) electrons. The van der Waals surface area contributed by atoms with E-state index in [9.17, 15) is 0 Å². The first-order valence-corrected chi connectivity index (χ1v) is 3.70. The Morgan fingerprint density at radius 3 is 3.10 bits per heavy atom. The zero-order valence-electron chi connectivity index (χ0n) is 7.90. The molecule has 0 amide bonds. The van der Waals surface area contributed by atoms with Crippen LogP contribution in [0.15, 0.2) is 22.7 Å². The van der Waals surface area contributed by atoms with Crippen LogP contribution in [0.2, 0.25) is 5.02 Å². The van der Waals surface area contributed by atoms with E-state index in [1.54, 1.807) is 6.07 Å². The molecule has 54 valence electrons. The third-order valence-corrected chi connectivity index (χ3v) is 2.24. The minimum absolute atomic E-state index is 0.230. The number of hydrogen-bond donors (Lipinski definition) is 0. The van der Waals surface area contributed by atoms with Crippen molar-refractivity contribution in [2.24, 2.45) is 0 Å². The van der Waals surface area contributed by atoms with Crippen LogP contribution in [0.25, 0.3) is 0 Å². The molecule has 0 saturated heterocycles. The van der Waals surface area contributed by atoms with Gasteiger partial charge in [-0.2, -0.15) is 0 Å². The van der Waals surface area contributed by atoms with E-state index >= 15 is 0 Å². The molecule has 1 aromatic carbocycles. The average molecular weight is 224 g/mol. The van der Waals surface area contributed by atoms with Gasteiger partial charge < -0.3 is 4.74 Å². The van der Waals surface area contributed by atoms with Gasteiger partial charge in [-0.3, -0.25) is 0 Å². The Morgan fingerprint density at radius 2 is 2.50 bits per heavy atom. The van der Waals surface area contributed by atoms with Gasteiger partial charge in [-0.05, 0) is 34.1 Å². The van der Waals surface area contributed by atoms with Crippen molar-refractivity contribution in [3.8, 4) is 5.75 Å². The zero-order chi connectivity index (χ0) is 10.1. The SMILES string of the molecule is [2H]C([2H])([2H])Oc1ccc(Br)c(Cl)c1. The minimum Gasteiger partial charge on any atom is -0.497 e. The number of ether oxygens (including phenoxy) is 1. The lowest BCUT2D eigenvalue weighted by Gasteiger charge is -1.99. The van der Waals surface area contributed by atoms with Gasteiger partial charge in [0.1, 0.15) is 5.75 Å². The molecule has 1 nitrogen and oxygen atoms in total. The largest absolute Gasteiger partial charge is 0.497 e. The maximum atomic E-state index is 6.85. The van der Waals surface area contributed by atoms with Gasteiger partial charge in [-0.1, -0.05) is 11.6 Å². The zero-order valence-corrected chi connectivity index (χ0v) is 7.24. The average Bonchev–Trinajstić information content (AvgIpc) is 1.94. The maximum Gasteiger partial charge on any atom is 0.120 e. The smallest absolute Gasteiger partial charge is 0.120 e. The summed E-state index contributed by atoms with van der Waals surface area (Å²) < 4.78 is 25.9. The van der Waals surface area contributed by atoms with Gasteiger partial charge in [0.05, 0.1) is 16.2 Å². The first-order valence-electron chi connectivity index (χ1n) is 4.02. The third-order valence-electron chi connectivity index (χ3n) is 1.01. The number of hydrogen-bond acceptors (Lipinski definition) is 1. The molecule has 0 unspecified atom stereocenters. The van der Waals surface area contributed by atoms with Gasteiger partial charge in [-0.25, -0.2) is 0 Å². The lowest BCUT2D eigenvalue weighted by Crippen LogP contribution is -1.81. The van der Waals surface area contributed by atoms with Gasteiger partial charge in [-0.15, -0.1) is 0 Å². The van der Waals surface area contributed by atoms with Gasteiger partial charge in [0, 0.05) is 4.47 Å². The van der Waals surface area contributed by atoms with E-state index in [-0.39, 0.29) is 5.75 Å². The predicted octanol–water partition coefficient (Wildman–Crippen LogP) is 3.11. The summed E-state index contributed by atoms with van der Waals surface area (Å²) >= 11 is 8.91. The number of rotatable bonds is 1. The predicted molar refractivity (Wildman–Crippen MR) is 45.7 cm³/mol. The van der Waals surface area contributed by atoms with Crippen LogP contribution in [0.1, 0.15) is 4.11 Å². The van der Waals surface area contributed by atoms with Crippen molar-refractivity contribution in [1.82, 2.24) is 0 Å². The molecule has 1 rings (SSSR count). The van der Waals surface area contributed by atoms with Crippen LogP contribution in [0.4, 0.5) is 0 Å².